The lowest BCUT2D eigenvalue weighted by molar-refractivity contribution is 0.103. The molecule has 3 rings (SSSR count). The summed E-state index contributed by atoms with van der Waals surface area (Å²) in [6.45, 7) is 6.02. The molecular formula is C25H26N2O3. The first kappa shape index (κ1) is 21.1. The number of ether oxygens (including phenoxy) is 2. The quantitative estimate of drug-likeness (QED) is 0.289. The number of benzene rings is 2. The van der Waals surface area contributed by atoms with Gasteiger partial charge >= 0.3 is 0 Å². The second-order valence-electron chi connectivity index (χ2n) is 6.95. The van der Waals surface area contributed by atoms with Gasteiger partial charge in [0.1, 0.15) is 23.8 Å². The molecule has 0 spiro atoms. The highest BCUT2D eigenvalue weighted by Crippen LogP contribution is 2.25. The van der Waals surface area contributed by atoms with Crippen LogP contribution in [0.5, 0.6) is 11.5 Å². The van der Waals surface area contributed by atoms with E-state index in [1.165, 1.54) is 0 Å². The number of rotatable bonds is 9. The van der Waals surface area contributed by atoms with E-state index in [-0.39, 0.29) is 5.78 Å². The second kappa shape index (κ2) is 9.74. The van der Waals surface area contributed by atoms with Crippen molar-refractivity contribution < 1.29 is 14.3 Å². The summed E-state index contributed by atoms with van der Waals surface area (Å²) in [5.41, 5.74) is 4.24. The van der Waals surface area contributed by atoms with Gasteiger partial charge in [0.25, 0.3) is 0 Å². The molecule has 30 heavy (non-hydrogen) atoms. The molecule has 1 heterocycles. The first-order valence-corrected chi connectivity index (χ1v) is 9.73. The number of ketones is 1. The monoisotopic (exact) mass is 402 g/mol. The van der Waals surface area contributed by atoms with E-state index < -0.39 is 0 Å². The Labute approximate surface area is 177 Å². The van der Waals surface area contributed by atoms with Crippen molar-refractivity contribution in [2.75, 3.05) is 7.11 Å². The van der Waals surface area contributed by atoms with Crippen molar-refractivity contribution in [3.8, 4) is 11.5 Å². The molecule has 0 unspecified atom stereocenters. The number of nitrogens with zero attached hydrogens (tertiary/aromatic N) is 2. The molecule has 0 atom stereocenters. The molecule has 0 bridgehead atoms. The summed E-state index contributed by atoms with van der Waals surface area (Å²) < 4.78 is 13.1. The van der Waals surface area contributed by atoms with Gasteiger partial charge in [0.2, 0.25) is 5.78 Å². The van der Waals surface area contributed by atoms with Crippen molar-refractivity contribution in [3.63, 3.8) is 0 Å². The maximum absolute atomic E-state index is 12.5. The van der Waals surface area contributed by atoms with E-state index in [4.69, 9.17) is 9.47 Å². The first-order valence-electron chi connectivity index (χ1n) is 9.73. The smallest absolute Gasteiger partial charge is 0.203 e. The highest BCUT2D eigenvalue weighted by molar-refractivity contribution is 6.05. The van der Waals surface area contributed by atoms with E-state index in [2.05, 4.69) is 11.7 Å². The Morgan fingerprint density at radius 3 is 2.63 bits per heavy atom. The van der Waals surface area contributed by atoms with E-state index in [0.717, 1.165) is 40.3 Å². The van der Waals surface area contributed by atoms with Crippen LogP contribution >= 0.6 is 0 Å². The van der Waals surface area contributed by atoms with E-state index in [1.807, 2.05) is 55.5 Å². The summed E-state index contributed by atoms with van der Waals surface area (Å²) in [6, 6.07) is 15.4. The molecule has 0 aliphatic heterocycles. The standard InChI is InChI=1S/C25H26N2O3/c1-5-8-20-9-6-7-10-25(20)30-17-21-16-19(12-14-24(21)29-4)11-13-23(28)22-15-18(2)26-27(22)3/h5-7,9-16H,1,8,17H2,2-4H3/b13-11+. The summed E-state index contributed by atoms with van der Waals surface area (Å²) in [5.74, 6) is 1.47. The number of carbonyl (C=O) groups is 1. The molecule has 0 aliphatic rings. The molecule has 1 aromatic heterocycles. The number of hydrogen-bond donors (Lipinski definition) is 0. The summed E-state index contributed by atoms with van der Waals surface area (Å²) in [4.78, 5) is 12.5. The van der Waals surface area contributed by atoms with Gasteiger partial charge in [-0.2, -0.15) is 5.10 Å². The molecule has 0 aliphatic carbocycles. The van der Waals surface area contributed by atoms with E-state index >= 15 is 0 Å². The lowest BCUT2D eigenvalue weighted by Gasteiger charge is -2.13. The van der Waals surface area contributed by atoms with Crippen molar-refractivity contribution in [3.05, 3.63) is 95.3 Å². The van der Waals surface area contributed by atoms with E-state index in [9.17, 15) is 4.79 Å². The van der Waals surface area contributed by atoms with Gasteiger partial charge < -0.3 is 9.47 Å². The molecular weight excluding hydrogens is 376 g/mol. The Morgan fingerprint density at radius 2 is 1.93 bits per heavy atom. The molecule has 3 aromatic rings. The molecule has 5 nitrogen and oxygen atoms in total. The Morgan fingerprint density at radius 1 is 1.13 bits per heavy atom. The fourth-order valence-corrected chi connectivity index (χ4v) is 3.24. The number of carbonyl (C=O) groups excluding carboxylic acids is 1. The minimum Gasteiger partial charge on any atom is -0.496 e. The number of para-hydroxylation sites is 1. The molecule has 5 heteroatoms. The lowest BCUT2D eigenvalue weighted by Crippen LogP contribution is -2.04. The van der Waals surface area contributed by atoms with Crippen molar-refractivity contribution >= 4 is 11.9 Å². The van der Waals surface area contributed by atoms with Crippen LogP contribution in [0.1, 0.15) is 32.9 Å². The zero-order valence-electron chi connectivity index (χ0n) is 17.6. The highest BCUT2D eigenvalue weighted by Gasteiger charge is 2.10. The van der Waals surface area contributed by atoms with Crippen molar-refractivity contribution in [1.29, 1.82) is 0 Å². The van der Waals surface area contributed by atoms with Gasteiger partial charge in [0, 0.05) is 12.6 Å². The maximum atomic E-state index is 12.5. The third kappa shape index (κ3) is 5.06. The molecule has 154 valence electrons. The fraction of sp³-hybridized carbons (Fsp3) is 0.200. The van der Waals surface area contributed by atoms with Crippen LogP contribution in [0.2, 0.25) is 0 Å². The van der Waals surface area contributed by atoms with Crippen molar-refractivity contribution in [1.82, 2.24) is 9.78 Å². The summed E-state index contributed by atoms with van der Waals surface area (Å²) >= 11 is 0. The van der Waals surface area contributed by atoms with Crippen LogP contribution in [-0.2, 0) is 20.1 Å². The topological polar surface area (TPSA) is 53.3 Å². The van der Waals surface area contributed by atoms with Gasteiger partial charge in [0.15, 0.2) is 0 Å². The van der Waals surface area contributed by atoms with Gasteiger partial charge in [-0.1, -0.05) is 36.4 Å². The van der Waals surface area contributed by atoms with Gasteiger partial charge in [-0.25, -0.2) is 0 Å². The van der Waals surface area contributed by atoms with Gasteiger partial charge in [-0.15, -0.1) is 6.58 Å². The van der Waals surface area contributed by atoms with Crippen LogP contribution in [0.3, 0.4) is 0 Å². The molecule has 0 saturated carbocycles. The van der Waals surface area contributed by atoms with Crippen molar-refractivity contribution in [2.45, 2.75) is 20.0 Å². The van der Waals surface area contributed by atoms with Crippen LogP contribution in [-0.4, -0.2) is 22.7 Å². The minimum absolute atomic E-state index is 0.0925. The third-order valence-electron chi connectivity index (χ3n) is 4.71. The predicted octanol–water partition coefficient (Wildman–Crippen LogP) is 4.94. The SMILES string of the molecule is C=CCc1ccccc1OCc1cc(/C=C/C(=O)c2cc(C)nn2C)ccc1OC. The zero-order chi connectivity index (χ0) is 21.5. The van der Waals surface area contributed by atoms with Gasteiger partial charge in [0.05, 0.1) is 12.8 Å². The Hall–Kier alpha value is -3.60. The molecule has 0 saturated heterocycles. The second-order valence-corrected chi connectivity index (χ2v) is 6.95. The first-order chi connectivity index (χ1) is 14.5. The van der Waals surface area contributed by atoms with Crippen molar-refractivity contribution in [2.24, 2.45) is 7.05 Å². The number of aromatic nitrogens is 2. The minimum atomic E-state index is -0.0925. The average Bonchev–Trinajstić information content (AvgIpc) is 3.09. The van der Waals surface area contributed by atoms with Crippen LogP contribution in [0.25, 0.3) is 6.08 Å². The molecule has 0 radical (unpaired) electrons. The largest absolute Gasteiger partial charge is 0.496 e. The maximum Gasteiger partial charge on any atom is 0.203 e. The van der Waals surface area contributed by atoms with E-state index in [1.54, 1.807) is 37.1 Å². The number of aryl methyl sites for hydroxylation is 2. The van der Waals surface area contributed by atoms with Gasteiger partial charge in [-0.05, 0) is 54.8 Å². The molecule has 0 N–H and O–H groups in total. The average molecular weight is 402 g/mol. The highest BCUT2D eigenvalue weighted by atomic mass is 16.5. The summed E-state index contributed by atoms with van der Waals surface area (Å²) in [6.07, 6.45) is 5.95. The fourth-order valence-electron chi connectivity index (χ4n) is 3.24. The normalized spacial score (nSPS) is 10.9. The zero-order valence-corrected chi connectivity index (χ0v) is 17.6. The number of methoxy groups -OCH3 is 1. The van der Waals surface area contributed by atoms with Gasteiger partial charge in [-0.3, -0.25) is 9.48 Å². The Balaban J connectivity index is 1.77. The third-order valence-corrected chi connectivity index (χ3v) is 4.71. The summed E-state index contributed by atoms with van der Waals surface area (Å²) in [5, 5.41) is 4.22. The number of hydrogen-bond acceptors (Lipinski definition) is 4. The Kier molecular flexibility index (Phi) is 6.86. The van der Waals surface area contributed by atoms with Crippen LogP contribution < -0.4 is 9.47 Å². The van der Waals surface area contributed by atoms with Crippen LogP contribution in [0.4, 0.5) is 0 Å². The van der Waals surface area contributed by atoms with Crippen LogP contribution in [0, 0.1) is 6.92 Å². The predicted molar refractivity (Wildman–Crippen MR) is 119 cm³/mol. The molecule has 2 aromatic carbocycles. The Bertz CT molecular complexity index is 1080. The summed E-state index contributed by atoms with van der Waals surface area (Å²) in [7, 11) is 3.40. The molecule has 0 fully saturated rings. The van der Waals surface area contributed by atoms with Crippen LogP contribution in [0.15, 0.2) is 67.3 Å². The van der Waals surface area contributed by atoms with E-state index in [0.29, 0.717) is 12.3 Å². The lowest BCUT2D eigenvalue weighted by atomic mass is 10.1. The molecule has 0 amide bonds. The number of allylic oxidation sites excluding steroid dienone is 2.